The second-order valence-corrected chi connectivity index (χ2v) is 6.15. The van der Waals surface area contributed by atoms with E-state index in [1.165, 1.54) is 6.42 Å². The molecule has 118 valence electrons. The zero-order chi connectivity index (χ0) is 15.5. The Balaban J connectivity index is 1.50. The summed E-state index contributed by atoms with van der Waals surface area (Å²) >= 11 is 0. The van der Waals surface area contributed by atoms with Gasteiger partial charge in [0.1, 0.15) is 5.65 Å². The van der Waals surface area contributed by atoms with E-state index in [1.54, 1.807) is 6.20 Å². The van der Waals surface area contributed by atoms with Crippen LogP contribution in [0.2, 0.25) is 0 Å². The molecule has 0 radical (unpaired) electrons. The fourth-order valence-corrected chi connectivity index (χ4v) is 3.01. The topological polar surface area (TPSA) is 61.7 Å². The Morgan fingerprint density at radius 3 is 3.14 bits per heavy atom. The Morgan fingerprint density at radius 2 is 2.36 bits per heavy atom. The van der Waals surface area contributed by atoms with Crippen molar-refractivity contribution in [1.82, 2.24) is 19.6 Å². The van der Waals surface area contributed by atoms with Crippen molar-refractivity contribution in [2.45, 2.75) is 20.3 Å². The van der Waals surface area contributed by atoms with Gasteiger partial charge in [0.25, 0.3) is 0 Å². The first-order valence-corrected chi connectivity index (χ1v) is 7.82. The molecule has 2 aromatic heterocycles. The lowest BCUT2D eigenvalue weighted by atomic mass is 10.2. The summed E-state index contributed by atoms with van der Waals surface area (Å²) in [6, 6.07) is 1.77. The van der Waals surface area contributed by atoms with Crippen LogP contribution in [0.3, 0.4) is 0 Å². The Hall–Kier alpha value is -2.08. The quantitative estimate of drug-likeness (QED) is 0.909. The van der Waals surface area contributed by atoms with Crippen molar-refractivity contribution in [2.24, 2.45) is 5.92 Å². The highest BCUT2D eigenvalue weighted by molar-refractivity contribution is 5.89. The number of carbonyl (C=O) groups is 1. The van der Waals surface area contributed by atoms with Crippen molar-refractivity contribution in [2.75, 3.05) is 31.5 Å². The third kappa shape index (κ3) is 3.39. The molecular weight excluding hydrogens is 278 g/mol. The first-order valence-electron chi connectivity index (χ1n) is 7.82. The van der Waals surface area contributed by atoms with Crippen LogP contribution < -0.4 is 10.6 Å². The molecule has 1 saturated heterocycles. The lowest BCUT2D eigenvalue weighted by molar-refractivity contribution is 0.249. The largest absolute Gasteiger partial charge is 0.337 e. The first kappa shape index (κ1) is 14.8. The van der Waals surface area contributed by atoms with Crippen LogP contribution in [-0.4, -0.2) is 46.5 Å². The molecule has 1 unspecified atom stereocenters. The first-order chi connectivity index (χ1) is 10.6. The maximum atomic E-state index is 12.0. The molecule has 3 heterocycles. The number of hydrogen-bond acceptors (Lipinski definition) is 3. The van der Waals surface area contributed by atoms with E-state index >= 15 is 0 Å². The molecular formula is C16H23N5O. The van der Waals surface area contributed by atoms with E-state index in [1.807, 2.05) is 29.8 Å². The molecule has 1 aliphatic heterocycles. The summed E-state index contributed by atoms with van der Waals surface area (Å²) in [4.78, 5) is 18.6. The number of aryl methyl sites for hydroxylation is 1. The summed E-state index contributed by atoms with van der Waals surface area (Å²) < 4.78 is 1.91. The Bertz CT molecular complexity index is 666. The van der Waals surface area contributed by atoms with Crippen LogP contribution in [0.5, 0.6) is 0 Å². The molecule has 0 aromatic carbocycles. The molecule has 2 aromatic rings. The SMILES string of the molecule is Cc1cc(NC(=O)NCCN2CCC(C)C2)cn2ccnc12. The zero-order valence-corrected chi connectivity index (χ0v) is 13.2. The number of hydrogen-bond donors (Lipinski definition) is 2. The minimum Gasteiger partial charge on any atom is -0.337 e. The van der Waals surface area contributed by atoms with E-state index < -0.39 is 0 Å². The highest BCUT2D eigenvalue weighted by atomic mass is 16.2. The maximum absolute atomic E-state index is 12.0. The number of amides is 2. The predicted molar refractivity (Wildman–Crippen MR) is 87.2 cm³/mol. The Labute approximate surface area is 130 Å². The van der Waals surface area contributed by atoms with E-state index in [-0.39, 0.29) is 6.03 Å². The molecule has 1 fully saturated rings. The lowest BCUT2D eigenvalue weighted by Crippen LogP contribution is -2.36. The van der Waals surface area contributed by atoms with Gasteiger partial charge in [-0.2, -0.15) is 0 Å². The van der Waals surface area contributed by atoms with Crippen molar-refractivity contribution in [3.63, 3.8) is 0 Å². The van der Waals surface area contributed by atoms with E-state index in [9.17, 15) is 4.79 Å². The molecule has 3 rings (SSSR count). The van der Waals surface area contributed by atoms with Gasteiger partial charge in [-0.05, 0) is 37.4 Å². The van der Waals surface area contributed by atoms with Gasteiger partial charge in [0.2, 0.25) is 0 Å². The number of pyridine rings is 1. The molecule has 6 heteroatoms. The summed E-state index contributed by atoms with van der Waals surface area (Å²) in [7, 11) is 0. The molecule has 0 bridgehead atoms. The van der Waals surface area contributed by atoms with Crippen molar-refractivity contribution in [1.29, 1.82) is 0 Å². The third-order valence-corrected chi connectivity index (χ3v) is 4.15. The number of rotatable bonds is 4. The second-order valence-electron chi connectivity index (χ2n) is 6.15. The van der Waals surface area contributed by atoms with Crippen LogP contribution in [0.1, 0.15) is 18.9 Å². The Morgan fingerprint density at radius 1 is 1.50 bits per heavy atom. The number of fused-ring (bicyclic) bond motifs is 1. The molecule has 0 aliphatic carbocycles. The molecule has 2 N–H and O–H groups in total. The number of urea groups is 1. The molecule has 6 nitrogen and oxygen atoms in total. The van der Waals surface area contributed by atoms with Crippen molar-refractivity contribution in [3.8, 4) is 0 Å². The number of nitrogens with zero attached hydrogens (tertiary/aromatic N) is 3. The smallest absolute Gasteiger partial charge is 0.319 e. The standard InChI is InChI=1S/C16H23N5O/c1-12-3-6-20(10-12)7-4-18-16(22)19-14-9-13(2)15-17-5-8-21(15)11-14/h5,8-9,11-12H,3-4,6-7,10H2,1-2H3,(H2,18,19,22). The number of anilines is 1. The lowest BCUT2D eigenvalue weighted by Gasteiger charge is -2.15. The van der Waals surface area contributed by atoms with Crippen molar-refractivity contribution >= 4 is 17.4 Å². The number of likely N-dealkylation sites (tertiary alicyclic amines) is 1. The average Bonchev–Trinajstić information content (AvgIpc) is 3.08. The minimum absolute atomic E-state index is 0.161. The van der Waals surface area contributed by atoms with Crippen LogP contribution in [0.15, 0.2) is 24.7 Å². The third-order valence-electron chi connectivity index (χ3n) is 4.15. The average molecular weight is 301 g/mol. The number of carbonyl (C=O) groups excluding carboxylic acids is 1. The molecule has 2 amide bonds. The summed E-state index contributed by atoms with van der Waals surface area (Å²) in [6.07, 6.45) is 6.76. The zero-order valence-electron chi connectivity index (χ0n) is 13.2. The highest BCUT2D eigenvalue weighted by Crippen LogP contribution is 2.15. The maximum Gasteiger partial charge on any atom is 0.319 e. The van der Waals surface area contributed by atoms with Crippen LogP contribution in [0, 0.1) is 12.8 Å². The van der Waals surface area contributed by atoms with E-state index in [0.29, 0.717) is 6.54 Å². The highest BCUT2D eigenvalue weighted by Gasteiger charge is 2.17. The van der Waals surface area contributed by atoms with Gasteiger partial charge in [-0.1, -0.05) is 6.92 Å². The fourth-order valence-electron chi connectivity index (χ4n) is 3.01. The molecule has 0 saturated carbocycles. The molecule has 0 spiro atoms. The molecule has 22 heavy (non-hydrogen) atoms. The van der Waals surface area contributed by atoms with E-state index in [2.05, 4.69) is 27.4 Å². The number of nitrogens with one attached hydrogen (secondary N) is 2. The monoisotopic (exact) mass is 301 g/mol. The number of imidazole rings is 1. The Kier molecular flexibility index (Phi) is 4.29. The molecule has 1 aliphatic rings. The van der Waals surface area contributed by atoms with Crippen LogP contribution in [-0.2, 0) is 0 Å². The van der Waals surface area contributed by atoms with Crippen molar-refractivity contribution in [3.05, 3.63) is 30.2 Å². The summed E-state index contributed by atoms with van der Waals surface area (Å²) in [5, 5.41) is 5.80. The van der Waals surface area contributed by atoms with E-state index in [0.717, 1.165) is 42.5 Å². The number of aromatic nitrogens is 2. The van der Waals surface area contributed by atoms with Gasteiger partial charge >= 0.3 is 6.03 Å². The summed E-state index contributed by atoms with van der Waals surface area (Å²) in [5.41, 5.74) is 2.72. The molecule has 1 atom stereocenters. The van der Waals surface area contributed by atoms with Crippen LogP contribution in [0.25, 0.3) is 5.65 Å². The van der Waals surface area contributed by atoms with Gasteiger partial charge in [-0.25, -0.2) is 9.78 Å². The summed E-state index contributed by atoms with van der Waals surface area (Å²) in [6.45, 7) is 8.12. The fraction of sp³-hybridized carbons (Fsp3) is 0.500. The normalized spacial score (nSPS) is 18.7. The van der Waals surface area contributed by atoms with Crippen molar-refractivity contribution < 1.29 is 4.79 Å². The predicted octanol–water partition coefficient (Wildman–Crippen LogP) is 2.11. The van der Waals surface area contributed by atoms with Gasteiger partial charge in [-0.15, -0.1) is 0 Å². The second kappa shape index (κ2) is 6.36. The van der Waals surface area contributed by atoms with Gasteiger partial charge in [0.15, 0.2) is 0 Å². The van der Waals surface area contributed by atoms with Crippen LogP contribution >= 0.6 is 0 Å². The van der Waals surface area contributed by atoms with Crippen LogP contribution in [0.4, 0.5) is 10.5 Å². The van der Waals surface area contributed by atoms with Gasteiger partial charge in [0, 0.05) is 38.2 Å². The van der Waals surface area contributed by atoms with Gasteiger partial charge in [-0.3, -0.25) is 0 Å². The summed E-state index contributed by atoms with van der Waals surface area (Å²) in [5.74, 6) is 0.777. The minimum atomic E-state index is -0.161. The van der Waals surface area contributed by atoms with E-state index in [4.69, 9.17) is 0 Å². The van der Waals surface area contributed by atoms with Gasteiger partial charge < -0.3 is 19.9 Å². The van der Waals surface area contributed by atoms with Gasteiger partial charge in [0.05, 0.1) is 5.69 Å².